The molecule has 0 aromatic heterocycles. The summed E-state index contributed by atoms with van der Waals surface area (Å²) >= 11 is 0. The van der Waals surface area contributed by atoms with Crippen LogP contribution in [0.2, 0.25) is 0 Å². The Morgan fingerprint density at radius 2 is 1.59 bits per heavy atom. The van der Waals surface area contributed by atoms with Gasteiger partial charge in [0, 0.05) is 11.1 Å². The molecule has 0 saturated heterocycles. The van der Waals surface area contributed by atoms with E-state index >= 15 is 0 Å². The van der Waals surface area contributed by atoms with Crippen molar-refractivity contribution in [2.75, 3.05) is 5.75 Å². The molecule has 0 aliphatic carbocycles. The van der Waals surface area contributed by atoms with E-state index in [9.17, 15) is 27.0 Å². The molecule has 8 heteroatoms. The lowest BCUT2D eigenvalue weighted by Gasteiger charge is -2.15. The van der Waals surface area contributed by atoms with E-state index in [1.165, 1.54) is 36.4 Å². The molecule has 0 heterocycles. The van der Waals surface area contributed by atoms with Crippen LogP contribution in [0.4, 0.5) is 0 Å². The first-order valence-corrected chi connectivity index (χ1v) is 13.8. The largest absolute Gasteiger partial charge is 0.507 e. The van der Waals surface area contributed by atoms with Crippen molar-refractivity contribution in [2.45, 2.75) is 55.1 Å². The fourth-order valence-corrected chi connectivity index (χ4v) is 6.54. The summed E-state index contributed by atoms with van der Waals surface area (Å²) < 4.78 is 50.6. The summed E-state index contributed by atoms with van der Waals surface area (Å²) in [4.78, 5) is 0.0105. The molecule has 0 amide bonds. The standard InChI is InChI=1S/C24H28O6S2/c1-4-6-12-31(27,28)19-11-10-17-14-21(22(25)15-18(17)13-19)20-8-7-9-23(24(20)26)32(29,30)16(3)5-2/h7-11,13-16,25-26H,4-6,12H2,1-3H3. The third kappa shape index (κ3) is 4.47. The van der Waals surface area contributed by atoms with Crippen LogP contribution in [0.3, 0.4) is 0 Å². The Hall–Kier alpha value is -2.58. The second kappa shape index (κ2) is 9.11. The van der Waals surface area contributed by atoms with Crippen LogP contribution in [0.1, 0.15) is 40.0 Å². The second-order valence-electron chi connectivity index (χ2n) is 7.97. The molecule has 32 heavy (non-hydrogen) atoms. The molecule has 1 atom stereocenters. The average molecular weight is 477 g/mol. The third-order valence-corrected chi connectivity index (χ3v) is 9.89. The molecule has 0 bridgehead atoms. The lowest BCUT2D eigenvalue weighted by atomic mass is 9.99. The van der Waals surface area contributed by atoms with E-state index in [4.69, 9.17) is 0 Å². The Balaban J connectivity index is 2.13. The normalized spacial score (nSPS) is 13.3. The zero-order valence-electron chi connectivity index (χ0n) is 18.4. The Labute approximate surface area is 189 Å². The van der Waals surface area contributed by atoms with Crippen molar-refractivity contribution < 1.29 is 27.0 Å². The van der Waals surface area contributed by atoms with Crippen molar-refractivity contribution in [3.05, 3.63) is 48.5 Å². The van der Waals surface area contributed by atoms with Crippen LogP contribution in [0.15, 0.2) is 58.3 Å². The van der Waals surface area contributed by atoms with Crippen molar-refractivity contribution >= 4 is 30.4 Å². The minimum absolute atomic E-state index is 0.0599. The Morgan fingerprint density at radius 1 is 0.875 bits per heavy atom. The van der Waals surface area contributed by atoms with Crippen molar-refractivity contribution in [1.29, 1.82) is 0 Å². The number of phenols is 2. The molecule has 6 nitrogen and oxygen atoms in total. The van der Waals surface area contributed by atoms with E-state index in [1.807, 2.05) is 6.92 Å². The number of aromatic hydroxyl groups is 2. The van der Waals surface area contributed by atoms with Crippen LogP contribution < -0.4 is 0 Å². The van der Waals surface area contributed by atoms with Gasteiger partial charge in [-0.25, -0.2) is 16.8 Å². The maximum atomic E-state index is 12.8. The van der Waals surface area contributed by atoms with Crippen LogP contribution in [-0.4, -0.2) is 38.1 Å². The Morgan fingerprint density at radius 3 is 2.25 bits per heavy atom. The van der Waals surface area contributed by atoms with Crippen molar-refractivity contribution in [1.82, 2.24) is 0 Å². The number of fused-ring (bicyclic) bond motifs is 1. The van der Waals surface area contributed by atoms with E-state index in [-0.39, 0.29) is 32.4 Å². The molecule has 0 radical (unpaired) electrons. The summed E-state index contributed by atoms with van der Waals surface area (Å²) in [5.74, 6) is -0.542. The van der Waals surface area contributed by atoms with E-state index in [1.54, 1.807) is 26.0 Å². The van der Waals surface area contributed by atoms with Gasteiger partial charge in [0.1, 0.15) is 16.4 Å². The molecule has 3 rings (SSSR count). The predicted octanol–water partition coefficient (Wildman–Crippen LogP) is 5.06. The fraction of sp³-hybridized carbons (Fsp3) is 0.333. The first-order chi connectivity index (χ1) is 15.0. The average Bonchev–Trinajstić information content (AvgIpc) is 2.76. The quantitative estimate of drug-likeness (QED) is 0.470. The minimum Gasteiger partial charge on any atom is -0.507 e. The number of sulfone groups is 2. The summed E-state index contributed by atoms with van der Waals surface area (Å²) in [7, 11) is -7.15. The van der Waals surface area contributed by atoms with Crippen molar-refractivity contribution in [3.8, 4) is 22.6 Å². The topological polar surface area (TPSA) is 109 Å². The molecule has 1 unspecified atom stereocenters. The summed E-state index contributed by atoms with van der Waals surface area (Å²) in [5.41, 5.74) is 0.450. The molecule has 0 spiro atoms. The SMILES string of the molecule is CCCCS(=O)(=O)c1ccc2cc(-c3cccc(S(=O)(=O)C(C)CC)c3O)c(O)cc2c1. The molecular weight excluding hydrogens is 448 g/mol. The minimum atomic E-state index is -3.73. The highest BCUT2D eigenvalue weighted by atomic mass is 32.2. The van der Waals surface area contributed by atoms with E-state index < -0.39 is 30.7 Å². The molecule has 0 aliphatic heterocycles. The van der Waals surface area contributed by atoms with Gasteiger partial charge < -0.3 is 10.2 Å². The van der Waals surface area contributed by atoms with Gasteiger partial charge in [0.15, 0.2) is 19.7 Å². The smallest absolute Gasteiger partial charge is 0.184 e. The Bertz CT molecular complexity index is 1360. The zero-order chi connectivity index (χ0) is 23.7. The monoisotopic (exact) mass is 476 g/mol. The number of hydrogen-bond donors (Lipinski definition) is 2. The van der Waals surface area contributed by atoms with E-state index in [0.717, 1.165) is 6.42 Å². The first kappa shape index (κ1) is 24.1. The predicted molar refractivity (Wildman–Crippen MR) is 127 cm³/mol. The highest BCUT2D eigenvalue weighted by Gasteiger charge is 2.27. The lowest BCUT2D eigenvalue weighted by Crippen LogP contribution is -2.17. The fourth-order valence-electron chi connectivity index (χ4n) is 3.53. The van der Waals surface area contributed by atoms with Gasteiger partial charge in [-0.05, 0) is 60.9 Å². The highest BCUT2D eigenvalue weighted by molar-refractivity contribution is 7.92. The van der Waals surface area contributed by atoms with Crippen molar-refractivity contribution in [3.63, 3.8) is 0 Å². The van der Waals surface area contributed by atoms with Crippen LogP contribution >= 0.6 is 0 Å². The molecule has 3 aromatic carbocycles. The lowest BCUT2D eigenvalue weighted by molar-refractivity contribution is 0.457. The van der Waals surface area contributed by atoms with Gasteiger partial charge in [-0.2, -0.15) is 0 Å². The maximum Gasteiger partial charge on any atom is 0.184 e. The first-order valence-electron chi connectivity index (χ1n) is 10.6. The molecular formula is C24H28O6S2. The zero-order valence-corrected chi connectivity index (χ0v) is 20.0. The summed E-state index contributed by atoms with van der Waals surface area (Å²) in [5, 5.41) is 22.0. The number of unbranched alkanes of at least 4 members (excludes halogenated alkanes) is 1. The van der Waals surface area contributed by atoms with Crippen LogP contribution in [-0.2, 0) is 19.7 Å². The number of hydrogen-bond acceptors (Lipinski definition) is 6. The molecule has 2 N–H and O–H groups in total. The van der Waals surface area contributed by atoms with Gasteiger partial charge in [0.05, 0.1) is 15.9 Å². The van der Waals surface area contributed by atoms with Gasteiger partial charge in [-0.3, -0.25) is 0 Å². The van der Waals surface area contributed by atoms with Crippen LogP contribution in [0.5, 0.6) is 11.5 Å². The van der Waals surface area contributed by atoms with E-state index in [2.05, 4.69) is 0 Å². The molecule has 172 valence electrons. The van der Waals surface area contributed by atoms with Gasteiger partial charge in [-0.1, -0.05) is 38.5 Å². The molecule has 3 aromatic rings. The number of phenolic OH excluding ortho intramolecular Hbond substituents is 2. The van der Waals surface area contributed by atoms with Gasteiger partial charge >= 0.3 is 0 Å². The van der Waals surface area contributed by atoms with Gasteiger partial charge in [0.2, 0.25) is 0 Å². The van der Waals surface area contributed by atoms with Gasteiger partial charge in [0.25, 0.3) is 0 Å². The number of benzene rings is 3. The Kier molecular flexibility index (Phi) is 6.86. The third-order valence-electron chi connectivity index (χ3n) is 5.75. The number of para-hydroxylation sites is 1. The summed E-state index contributed by atoms with van der Waals surface area (Å²) in [6.45, 7) is 5.27. The second-order valence-corrected chi connectivity index (χ2v) is 12.4. The summed E-state index contributed by atoms with van der Waals surface area (Å²) in [6, 6.07) is 12.2. The molecule has 0 saturated carbocycles. The van der Waals surface area contributed by atoms with Crippen LogP contribution in [0.25, 0.3) is 21.9 Å². The number of rotatable bonds is 8. The van der Waals surface area contributed by atoms with Crippen LogP contribution in [0, 0.1) is 0 Å². The van der Waals surface area contributed by atoms with E-state index in [0.29, 0.717) is 23.6 Å². The van der Waals surface area contributed by atoms with Crippen molar-refractivity contribution in [2.24, 2.45) is 0 Å². The summed E-state index contributed by atoms with van der Waals surface area (Å²) in [6.07, 6.45) is 1.74. The highest BCUT2D eigenvalue weighted by Crippen LogP contribution is 2.42. The van der Waals surface area contributed by atoms with Gasteiger partial charge in [-0.15, -0.1) is 0 Å². The maximum absolute atomic E-state index is 12.8. The molecule has 0 aliphatic rings. The molecule has 0 fully saturated rings.